The Morgan fingerprint density at radius 2 is 1.73 bits per heavy atom. The summed E-state index contributed by atoms with van der Waals surface area (Å²) in [6.45, 7) is 0. The third-order valence-corrected chi connectivity index (χ3v) is 2.46. The van der Waals surface area contributed by atoms with E-state index in [0.717, 1.165) is 25.7 Å². The Morgan fingerprint density at radius 3 is 2.18 bits per heavy atom. The van der Waals surface area contributed by atoms with Crippen molar-refractivity contribution in [1.82, 2.24) is 0 Å². The average Bonchev–Trinajstić information content (AvgIpc) is 2.14. The molecule has 0 saturated heterocycles. The molecule has 1 aliphatic rings. The van der Waals surface area contributed by atoms with Crippen LogP contribution in [0.3, 0.4) is 0 Å². The maximum atomic E-state index is 10.3. The molecule has 0 spiro atoms. The molecule has 66 valence electrons. The average molecular weight is 178 g/mol. The van der Waals surface area contributed by atoms with Crippen LogP contribution in [0.15, 0.2) is 0 Å². The summed E-state index contributed by atoms with van der Waals surface area (Å²) < 4.78 is 23.5. The standard InChI is InChI=1S/C7H14O3S/c8-11(9)10-7-5-3-1-2-4-6-7/h7H,1-6H2,(H,8,9). The van der Waals surface area contributed by atoms with Crippen LogP contribution in [0.2, 0.25) is 0 Å². The Morgan fingerprint density at radius 1 is 1.18 bits per heavy atom. The number of rotatable bonds is 2. The Kier molecular flexibility index (Phi) is 4.04. The first-order chi connectivity index (χ1) is 5.29. The third kappa shape index (κ3) is 3.84. The molecular formula is C7H14O3S. The lowest BCUT2D eigenvalue weighted by atomic mass is 10.2. The fourth-order valence-corrected chi connectivity index (χ4v) is 1.88. The number of hydrogen-bond acceptors (Lipinski definition) is 2. The first kappa shape index (κ1) is 9.16. The van der Waals surface area contributed by atoms with Crippen LogP contribution in [0.25, 0.3) is 0 Å². The van der Waals surface area contributed by atoms with E-state index >= 15 is 0 Å². The van der Waals surface area contributed by atoms with Crippen LogP contribution >= 0.6 is 0 Å². The molecule has 4 heteroatoms. The Hall–Kier alpha value is 0.0700. The molecular weight excluding hydrogens is 164 g/mol. The van der Waals surface area contributed by atoms with Crippen LogP contribution in [0.5, 0.6) is 0 Å². The predicted octanol–water partition coefficient (Wildman–Crippen LogP) is 1.86. The summed E-state index contributed by atoms with van der Waals surface area (Å²) in [6, 6.07) is 0. The summed E-state index contributed by atoms with van der Waals surface area (Å²) in [6.07, 6.45) is 6.61. The molecule has 0 aromatic rings. The van der Waals surface area contributed by atoms with Crippen molar-refractivity contribution in [3.8, 4) is 0 Å². The second-order valence-corrected chi connectivity index (χ2v) is 3.55. The van der Waals surface area contributed by atoms with Gasteiger partial charge in [0.05, 0.1) is 6.10 Å². The lowest BCUT2D eigenvalue weighted by Gasteiger charge is -2.10. The van der Waals surface area contributed by atoms with Crippen molar-refractivity contribution in [3.63, 3.8) is 0 Å². The van der Waals surface area contributed by atoms with Crippen molar-refractivity contribution >= 4 is 11.4 Å². The monoisotopic (exact) mass is 178 g/mol. The van der Waals surface area contributed by atoms with Crippen molar-refractivity contribution in [2.45, 2.75) is 44.6 Å². The van der Waals surface area contributed by atoms with Crippen LogP contribution in [0.4, 0.5) is 0 Å². The van der Waals surface area contributed by atoms with Crippen LogP contribution in [-0.4, -0.2) is 14.9 Å². The van der Waals surface area contributed by atoms with Crippen LogP contribution in [-0.2, 0) is 15.5 Å². The zero-order chi connectivity index (χ0) is 8.10. The molecule has 0 bridgehead atoms. The Bertz CT molecular complexity index is 130. The van der Waals surface area contributed by atoms with Crippen LogP contribution in [0.1, 0.15) is 38.5 Å². The molecule has 0 heterocycles. The summed E-state index contributed by atoms with van der Waals surface area (Å²) >= 11 is -2.07. The minimum absolute atomic E-state index is 0.0170. The van der Waals surface area contributed by atoms with Gasteiger partial charge in [-0.05, 0) is 12.8 Å². The van der Waals surface area contributed by atoms with E-state index < -0.39 is 11.4 Å². The first-order valence-corrected chi connectivity index (χ1v) is 5.10. The van der Waals surface area contributed by atoms with Gasteiger partial charge < -0.3 is 0 Å². The lowest BCUT2D eigenvalue weighted by molar-refractivity contribution is 0.186. The molecule has 1 rings (SSSR count). The van der Waals surface area contributed by atoms with Crippen molar-refractivity contribution in [3.05, 3.63) is 0 Å². The molecule has 1 N–H and O–H groups in total. The molecule has 1 aliphatic carbocycles. The van der Waals surface area contributed by atoms with Gasteiger partial charge >= 0.3 is 11.4 Å². The van der Waals surface area contributed by atoms with E-state index in [4.69, 9.17) is 8.74 Å². The highest BCUT2D eigenvalue weighted by molar-refractivity contribution is 7.74. The van der Waals surface area contributed by atoms with Crippen molar-refractivity contribution in [2.24, 2.45) is 0 Å². The predicted molar refractivity (Wildman–Crippen MR) is 43.3 cm³/mol. The minimum Gasteiger partial charge on any atom is -0.284 e. The molecule has 3 nitrogen and oxygen atoms in total. The van der Waals surface area contributed by atoms with Gasteiger partial charge in [-0.1, -0.05) is 25.7 Å². The van der Waals surface area contributed by atoms with Crippen LogP contribution in [0, 0.1) is 0 Å². The Labute approximate surface area is 69.6 Å². The Balaban J connectivity index is 2.25. The van der Waals surface area contributed by atoms with E-state index in [1.165, 1.54) is 12.8 Å². The molecule has 1 unspecified atom stereocenters. The molecule has 1 atom stereocenters. The minimum atomic E-state index is -2.07. The van der Waals surface area contributed by atoms with E-state index in [1.54, 1.807) is 0 Å². The highest BCUT2D eigenvalue weighted by Gasteiger charge is 2.14. The van der Waals surface area contributed by atoms with Gasteiger partial charge in [0.1, 0.15) is 0 Å². The van der Waals surface area contributed by atoms with Gasteiger partial charge in [-0.25, -0.2) is 0 Å². The van der Waals surface area contributed by atoms with E-state index in [2.05, 4.69) is 0 Å². The third-order valence-electron chi connectivity index (χ3n) is 2.02. The molecule has 0 radical (unpaired) electrons. The van der Waals surface area contributed by atoms with E-state index in [0.29, 0.717) is 0 Å². The summed E-state index contributed by atoms with van der Waals surface area (Å²) in [5.41, 5.74) is 0. The van der Waals surface area contributed by atoms with E-state index in [9.17, 15) is 4.21 Å². The summed E-state index contributed by atoms with van der Waals surface area (Å²) in [7, 11) is 0. The fraction of sp³-hybridized carbons (Fsp3) is 1.00. The van der Waals surface area contributed by atoms with E-state index in [1.807, 2.05) is 0 Å². The van der Waals surface area contributed by atoms with Gasteiger partial charge in [0, 0.05) is 0 Å². The summed E-state index contributed by atoms with van der Waals surface area (Å²) in [5, 5.41) is 0. The zero-order valence-electron chi connectivity index (χ0n) is 6.49. The highest BCUT2D eigenvalue weighted by Crippen LogP contribution is 2.19. The molecule has 0 amide bonds. The number of hydrogen-bond donors (Lipinski definition) is 1. The zero-order valence-corrected chi connectivity index (χ0v) is 7.31. The van der Waals surface area contributed by atoms with Crippen molar-refractivity contribution in [1.29, 1.82) is 0 Å². The van der Waals surface area contributed by atoms with Gasteiger partial charge in [-0.15, -0.1) is 0 Å². The smallest absolute Gasteiger partial charge is 0.284 e. The van der Waals surface area contributed by atoms with Gasteiger partial charge in [0.15, 0.2) is 0 Å². The topological polar surface area (TPSA) is 46.5 Å². The molecule has 1 saturated carbocycles. The molecule has 1 fully saturated rings. The molecule has 0 aromatic heterocycles. The molecule has 0 aliphatic heterocycles. The maximum Gasteiger partial charge on any atom is 0.302 e. The maximum absolute atomic E-state index is 10.3. The van der Waals surface area contributed by atoms with Gasteiger partial charge in [0.2, 0.25) is 0 Å². The fourth-order valence-electron chi connectivity index (χ4n) is 1.45. The largest absolute Gasteiger partial charge is 0.302 e. The van der Waals surface area contributed by atoms with E-state index in [-0.39, 0.29) is 6.10 Å². The van der Waals surface area contributed by atoms with Gasteiger partial charge in [-0.3, -0.25) is 8.74 Å². The first-order valence-electron chi connectivity index (χ1n) is 4.07. The highest BCUT2D eigenvalue weighted by atomic mass is 32.2. The lowest BCUT2D eigenvalue weighted by Crippen LogP contribution is -2.12. The van der Waals surface area contributed by atoms with Gasteiger partial charge in [0.25, 0.3) is 0 Å². The molecule has 0 aromatic carbocycles. The van der Waals surface area contributed by atoms with Crippen molar-refractivity contribution < 1.29 is 12.9 Å². The quantitative estimate of drug-likeness (QED) is 0.518. The van der Waals surface area contributed by atoms with Gasteiger partial charge in [-0.2, -0.15) is 4.21 Å². The molecule has 11 heavy (non-hydrogen) atoms. The second-order valence-electron chi connectivity index (χ2n) is 2.93. The van der Waals surface area contributed by atoms with Crippen molar-refractivity contribution in [2.75, 3.05) is 0 Å². The normalized spacial score (nSPS) is 24.5. The SMILES string of the molecule is O=S(O)OC1CCCCCC1. The summed E-state index contributed by atoms with van der Waals surface area (Å²) in [4.78, 5) is 0. The summed E-state index contributed by atoms with van der Waals surface area (Å²) in [5.74, 6) is 0. The second kappa shape index (κ2) is 4.85. The van der Waals surface area contributed by atoms with Crippen LogP contribution < -0.4 is 0 Å².